The molecule has 0 spiro atoms. The second kappa shape index (κ2) is 10.3. The average Bonchev–Trinajstić information content (AvgIpc) is 3.26. The minimum atomic E-state index is -4.59. The van der Waals surface area contributed by atoms with Gasteiger partial charge in [0.05, 0.1) is 31.7 Å². The Balaban J connectivity index is 1.71. The van der Waals surface area contributed by atoms with Crippen LogP contribution in [0, 0.1) is 0 Å². The Morgan fingerprint density at radius 2 is 1.83 bits per heavy atom. The van der Waals surface area contributed by atoms with Crippen LogP contribution in [-0.4, -0.2) is 29.2 Å². The second-order valence-corrected chi connectivity index (χ2v) is 8.49. The zero-order valence-corrected chi connectivity index (χ0v) is 19.4. The van der Waals surface area contributed by atoms with Gasteiger partial charge in [-0.1, -0.05) is 36.4 Å². The summed E-state index contributed by atoms with van der Waals surface area (Å²) >= 11 is 0. The van der Waals surface area contributed by atoms with Crippen molar-refractivity contribution in [1.29, 1.82) is 0 Å². The summed E-state index contributed by atoms with van der Waals surface area (Å²) < 4.78 is 51.6. The maximum Gasteiger partial charge on any atom is 0.416 e. The number of hydrogen-bond donors (Lipinski definition) is 1. The van der Waals surface area contributed by atoms with Crippen molar-refractivity contribution in [2.24, 2.45) is 0 Å². The molecule has 0 saturated carbocycles. The number of carbonyl (C=O) groups excluding carboxylic acids is 1. The van der Waals surface area contributed by atoms with Crippen LogP contribution in [0.25, 0.3) is 0 Å². The monoisotopic (exact) mass is 499 g/mol. The molecule has 1 aliphatic carbocycles. The van der Waals surface area contributed by atoms with E-state index in [1.807, 2.05) is 24.3 Å². The van der Waals surface area contributed by atoms with E-state index in [1.54, 1.807) is 18.2 Å². The number of ether oxygens (including phenoxy) is 2. The number of benzene rings is 3. The van der Waals surface area contributed by atoms with Crippen molar-refractivity contribution < 1.29 is 37.3 Å². The minimum Gasteiger partial charge on any atom is -0.481 e. The SMILES string of the molecule is COC(=O)N(Cc1cc(C(F)(F)F)ccc1Oc1cccc(CC(=O)O)c1)C1CCc2ccccc21. The fourth-order valence-electron chi connectivity index (χ4n) is 4.46. The third-order valence-electron chi connectivity index (χ3n) is 6.10. The van der Waals surface area contributed by atoms with Crippen LogP contribution >= 0.6 is 0 Å². The van der Waals surface area contributed by atoms with Crippen LogP contribution in [0.1, 0.15) is 40.3 Å². The number of carboxylic acids is 1. The number of carboxylic acid groups (broad SMARTS) is 1. The quantitative estimate of drug-likeness (QED) is 0.408. The predicted octanol–water partition coefficient (Wildman–Crippen LogP) is 6.38. The zero-order valence-electron chi connectivity index (χ0n) is 19.4. The number of rotatable bonds is 7. The average molecular weight is 499 g/mol. The van der Waals surface area contributed by atoms with E-state index in [4.69, 9.17) is 14.6 Å². The van der Waals surface area contributed by atoms with Gasteiger partial charge in [0.15, 0.2) is 0 Å². The van der Waals surface area contributed by atoms with Gasteiger partial charge in [0.25, 0.3) is 0 Å². The van der Waals surface area contributed by atoms with Gasteiger partial charge in [-0.05, 0) is 59.9 Å². The summed E-state index contributed by atoms with van der Waals surface area (Å²) in [5, 5.41) is 9.05. The molecule has 0 heterocycles. The van der Waals surface area contributed by atoms with Gasteiger partial charge in [-0.2, -0.15) is 13.2 Å². The van der Waals surface area contributed by atoms with Crippen LogP contribution in [0.15, 0.2) is 66.7 Å². The maximum atomic E-state index is 13.6. The van der Waals surface area contributed by atoms with Crippen LogP contribution in [0.2, 0.25) is 0 Å². The van der Waals surface area contributed by atoms with Gasteiger partial charge in [-0.15, -0.1) is 0 Å². The Hall–Kier alpha value is -4.01. The lowest BCUT2D eigenvalue weighted by atomic mass is 10.0. The normalized spacial score (nSPS) is 14.7. The molecule has 0 aromatic heterocycles. The molecule has 188 valence electrons. The van der Waals surface area contributed by atoms with E-state index in [2.05, 4.69) is 0 Å². The summed E-state index contributed by atoms with van der Waals surface area (Å²) in [7, 11) is 1.23. The molecule has 0 radical (unpaired) electrons. The fourth-order valence-corrected chi connectivity index (χ4v) is 4.46. The van der Waals surface area contributed by atoms with E-state index < -0.39 is 23.8 Å². The van der Waals surface area contributed by atoms with Crippen molar-refractivity contribution in [2.45, 2.75) is 38.0 Å². The van der Waals surface area contributed by atoms with Crippen molar-refractivity contribution in [3.63, 3.8) is 0 Å². The van der Waals surface area contributed by atoms with Crippen molar-refractivity contribution in [3.8, 4) is 11.5 Å². The van der Waals surface area contributed by atoms with Gasteiger partial charge < -0.3 is 14.6 Å². The topological polar surface area (TPSA) is 76.1 Å². The highest BCUT2D eigenvalue weighted by molar-refractivity contribution is 5.70. The number of amides is 1. The van der Waals surface area contributed by atoms with Gasteiger partial charge in [-0.3, -0.25) is 9.69 Å². The molecule has 9 heteroatoms. The number of aliphatic carboxylic acids is 1. The molecule has 1 amide bonds. The molecule has 0 bridgehead atoms. The van der Waals surface area contributed by atoms with Gasteiger partial charge in [-0.25, -0.2) is 4.79 Å². The largest absolute Gasteiger partial charge is 0.481 e. The molecule has 1 N–H and O–H groups in total. The van der Waals surface area contributed by atoms with Gasteiger partial charge in [0.2, 0.25) is 0 Å². The number of halogens is 3. The molecule has 4 rings (SSSR count). The van der Waals surface area contributed by atoms with Gasteiger partial charge in [0.1, 0.15) is 11.5 Å². The maximum absolute atomic E-state index is 13.6. The summed E-state index contributed by atoms with van der Waals surface area (Å²) in [6, 6.07) is 16.7. The third kappa shape index (κ3) is 5.62. The molecule has 1 unspecified atom stereocenters. The van der Waals surface area contributed by atoms with E-state index in [-0.39, 0.29) is 36.1 Å². The molecule has 6 nitrogen and oxygen atoms in total. The summed E-state index contributed by atoms with van der Waals surface area (Å²) in [5.74, 6) is -0.630. The van der Waals surface area contributed by atoms with Gasteiger partial charge in [0, 0.05) is 5.56 Å². The van der Waals surface area contributed by atoms with Crippen molar-refractivity contribution >= 4 is 12.1 Å². The van der Waals surface area contributed by atoms with Crippen molar-refractivity contribution in [3.05, 3.63) is 94.5 Å². The van der Waals surface area contributed by atoms with Crippen LogP contribution in [-0.2, 0) is 35.1 Å². The molecule has 36 heavy (non-hydrogen) atoms. The molecule has 3 aromatic carbocycles. The number of hydrogen-bond acceptors (Lipinski definition) is 4. The predicted molar refractivity (Wildman–Crippen MR) is 125 cm³/mol. The molecule has 0 aliphatic heterocycles. The van der Waals surface area contributed by atoms with Gasteiger partial charge >= 0.3 is 18.2 Å². The van der Waals surface area contributed by atoms with E-state index in [1.165, 1.54) is 24.1 Å². The summed E-state index contributed by atoms with van der Waals surface area (Å²) in [6.07, 6.45) is -4.14. The third-order valence-corrected chi connectivity index (χ3v) is 6.10. The minimum absolute atomic E-state index is 0.121. The Morgan fingerprint density at radius 1 is 1.06 bits per heavy atom. The summed E-state index contributed by atoms with van der Waals surface area (Å²) in [6.45, 7) is -0.181. The highest BCUT2D eigenvalue weighted by Crippen LogP contribution is 2.39. The second-order valence-electron chi connectivity index (χ2n) is 8.49. The number of methoxy groups -OCH3 is 1. The summed E-state index contributed by atoms with van der Waals surface area (Å²) in [4.78, 5) is 25.3. The van der Waals surface area contributed by atoms with Crippen LogP contribution in [0.5, 0.6) is 11.5 Å². The first-order chi connectivity index (χ1) is 17.2. The molecule has 0 fully saturated rings. The number of aryl methyl sites for hydroxylation is 1. The standard InChI is InChI=1S/C27H24F3NO5/c1-35-26(34)31(23-11-9-18-6-2-3-8-22(18)23)16-19-15-20(27(28,29)30)10-12-24(19)36-21-7-4-5-17(13-21)14-25(32)33/h2-8,10,12-13,15,23H,9,11,14,16H2,1H3,(H,32,33). The van der Waals surface area contributed by atoms with Crippen molar-refractivity contribution in [1.82, 2.24) is 4.90 Å². The first-order valence-corrected chi connectivity index (χ1v) is 11.3. The molecule has 0 saturated heterocycles. The van der Waals surface area contributed by atoms with Crippen LogP contribution < -0.4 is 4.74 Å². The Morgan fingerprint density at radius 3 is 2.56 bits per heavy atom. The van der Waals surface area contributed by atoms with Crippen LogP contribution in [0.3, 0.4) is 0 Å². The number of fused-ring (bicyclic) bond motifs is 1. The van der Waals surface area contributed by atoms with Crippen molar-refractivity contribution in [2.75, 3.05) is 7.11 Å². The Bertz CT molecular complexity index is 1270. The molecule has 1 aliphatic rings. The Kier molecular flexibility index (Phi) is 7.19. The first-order valence-electron chi connectivity index (χ1n) is 11.3. The molecular formula is C27H24F3NO5. The van der Waals surface area contributed by atoms with E-state index in [0.29, 0.717) is 12.0 Å². The smallest absolute Gasteiger partial charge is 0.416 e. The molecule has 1 atom stereocenters. The molecular weight excluding hydrogens is 475 g/mol. The zero-order chi connectivity index (χ0) is 25.9. The van der Waals surface area contributed by atoms with E-state index in [9.17, 15) is 22.8 Å². The molecule has 3 aromatic rings. The highest BCUT2D eigenvalue weighted by Gasteiger charge is 2.34. The van der Waals surface area contributed by atoms with E-state index >= 15 is 0 Å². The first kappa shape index (κ1) is 25.1. The highest BCUT2D eigenvalue weighted by atomic mass is 19.4. The lowest BCUT2D eigenvalue weighted by molar-refractivity contribution is -0.138. The van der Waals surface area contributed by atoms with Crippen LogP contribution in [0.4, 0.5) is 18.0 Å². The lowest BCUT2D eigenvalue weighted by Gasteiger charge is -2.29. The summed E-state index contributed by atoms with van der Waals surface area (Å²) in [5.41, 5.74) is 1.75. The Labute approximate surface area is 205 Å². The lowest BCUT2D eigenvalue weighted by Crippen LogP contribution is -2.33. The number of carbonyl (C=O) groups is 2. The fraction of sp³-hybridized carbons (Fsp3) is 0.259. The number of nitrogens with zero attached hydrogens (tertiary/aromatic N) is 1. The number of alkyl halides is 3. The van der Waals surface area contributed by atoms with E-state index in [0.717, 1.165) is 29.7 Å².